The molecule has 0 unspecified atom stereocenters. The highest BCUT2D eigenvalue weighted by Gasteiger charge is 2.28. The molecule has 0 spiro atoms. The first-order valence-electron chi connectivity index (χ1n) is 8.86. The SMILES string of the molecule is CCn1cc(C(=O)O)c(=O)c2cc(F)c(N3CC[C@H](N)[C@H](C)C3)c(C)c21. The van der Waals surface area contributed by atoms with Crippen LogP contribution < -0.4 is 16.1 Å². The summed E-state index contributed by atoms with van der Waals surface area (Å²) < 4.78 is 16.7. The van der Waals surface area contributed by atoms with Gasteiger partial charge in [-0.05, 0) is 37.8 Å². The Morgan fingerprint density at radius 1 is 1.46 bits per heavy atom. The van der Waals surface area contributed by atoms with E-state index in [0.29, 0.717) is 36.4 Å². The van der Waals surface area contributed by atoms with Gasteiger partial charge in [0.15, 0.2) is 0 Å². The van der Waals surface area contributed by atoms with Crippen molar-refractivity contribution < 1.29 is 14.3 Å². The van der Waals surface area contributed by atoms with Crippen LogP contribution in [0.3, 0.4) is 0 Å². The predicted molar refractivity (Wildman–Crippen MR) is 99.5 cm³/mol. The molecule has 1 aliphatic heterocycles. The van der Waals surface area contributed by atoms with E-state index < -0.39 is 17.2 Å². The molecule has 6 nitrogen and oxygen atoms in total. The highest BCUT2D eigenvalue weighted by molar-refractivity contribution is 5.95. The Hall–Kier alpha value is -2.41. The first-order valence-corrected chi connectivity index (χ1v) is 8.86. The third-order valence-corrected chi connectivity index (χ3v) is 5.38. The number of aromatic carboxylic acids is 1. The van der Waals surface area contributed by atoms with Crippen LogP contribution in [0.25, 0.3) is 10.9 Å². The van der Waals surface area contributed by atoms with E-state index in [9.17, 15) is 19.1 Å². The average molecular weight is 361 g/mol. The minimum Gasteiger partial charge on any atom is -0.477 e. The standard InChI is InChI=1S/C19H24FN3O3/c1-4-22-9-13(19(25)26)18(24)12-7-14(20)17(11(3)16(12)22)23-6-5-15(21)10(2)8-23/h7,9-10,15H,4-6,8,21H2,1-3H3,(H,25,26)/t10-,15+/m1/s1. The molecule has 1 saturated heterocycles. The van der Waals surface area contributed by atoms with Gasteiger partial charge >= 0.3 is 5.97 Å². The van der Waals surface area contributed by atoms with Gasteiger partial charge in [0, 0.05) is 37.3 Å². The summed E-state index contributed by atoms with van der Waals surface area (Å²) in [6.45, 7) is 7.47. The number of aromatic nitrogens is 1. The number of halogens is 1. The second kappa shape index (κ2) is 6.72. The van der Waals surface area contributed by atoms with Crippen LogP contribution in [0.2, 0.25) is 0 Å². The molecule has 0 saturated carbocycles. The summed E-state index contributed by atoms with van der Waals surface area (Å²) in [7, 11) is 0. The Kier molecular flexibility index (Phi) is 4.75. The van der Waals surface area contributed by atoms with Gasteiger partial charge in [0.2, 0.25) is 5.43 Å². The number of benzene rings is 1. The fraction of sp³-hybridized carbons (Fsp3) is 0.474. The summed E-state index contributed by atoms with van der Waals surface area (Å²) in [6, 6.07) is 1.28. The van der Waals surface area contributed by atoms with Crippen LogP contribution in [0.15, 0.2) is 17.1 Å². The molecule has 1 aromatic carbocycles. The molecule has 2 aromatic rings. The summed E-state index contributed by atoms with van der Waals surface area (Å²) in [4.78, 5) is 25.9. The zero-order chi connectivity index (χ0) is 19.2. The van der Waals surface area contributed by atoms with E-state index in [1.807, 2.05) is 18.7 Å². The molecule has 3 rings (SSSR count). The largest absolute Gasteiger partial charge is 0.477 e. The van der Waals surface area contributed by atoms with Gasteiger partial charge in [-0.3, -0.25) is 4.79 Å². The lowest BCUT2D eigenvalue weighted by molar-refractivity contribution is 0.0695. The van der Waals surface area contributed by atoms with Gasteiger partial charge in [0.25, 0.3) is 0 Å². The van der Waals surface area contributed by atoms with Crippen molar-refractivity contribution in [1.82, 2.24) is 4.57 Å². The van der Waals surface area contributed by atoms with E-state index in [4.69, 9.17) is 5.73 Å². The van der Waals surface area contributed by atoms with Gasteiger partial charge in [0.1, 0.15) is 11.4 Å². The molecule has 0 amide bonds. The number of hydrogen-bond acceptors (Lipinski definition) is 4. The highest BCUT2D eigenvalue weighted by Crippen LogP contribution is 2.33. The number of hydrogen-bond donors (Lipinski definition) is 2. The third-order valence-electron chi connectivity index (χ3n) is 5.38. The fourth-order valence-electron chi connectivity index (χ4n) is 3.88. The normalized spacial score (nSPS) is 20.6. The van der Waals surface area contributed by atoms with Crippen LogP contribution in [-0.2, 0) is 6.54 Å². The van der Waals surface area contributed by atoms with E-state index >= 15 is 0 Å². The number of carboxylic acids is 1. The Balaban J connectivity index is 2.27. The van der Waals surface area contributed by atoms with Crippen molar-refractivity contribution in [2.75, 3.05) is 18.0 Å². The van der Waals surface area contributed by atoms with Gasteiger partial charge in [-0.15, -0.1) is 0 Å². The molecular formula is C19H24FN3O3. The van der Waals surface area contributed by atoms with Gasteiger partial charge in [-0.1, -0.05) is 6.92 Å². The van der Waals surface area contributed by atoms with Crippen LogP contribution in [-0.4, -0.2) is 34.8 Å². The summed E-state index contributed by atoms with van der Waals surface area (Å²) >= 11 is 0. The maximum atomic E-state index is 15.0. The van der Waals surface area contributed by atoms with Crippen LogP contribution in [0, 0.1) is 18.7 Å². The smallest absolute Gasteiger partial charge is 0.341 e. The van der Waals surface area contributed by atoms with Gasteiger partial charge in [-0.2, -0.15) is 0 Å². The monoisotopic (exact) mass is 361 g/mol. The van der Waals surface area contributed by atoms with E-state index in [-0.39, 0.29) is 22.9 Å². The molecule has 3 N–H and O–H groups in total. The Morgan fingerprint density at radius 2 is 2.15 bits per heavy atom. The molecule has 26 heavy (non-hydrogen) atoms. The summed E-state index contributed by atoms with van der Waals surface area (Å²) in [5.41, 5.74) is 6.79. The minimum absolute atomic E-state index is 0.0991. The number of anilines is 1. The topological polar surface area (TPSA) is 88.6 Å². The van der Waals surface area contributed by atoms with Gasteiger partial charge in [-0.25, -0.2) is 9.18 Å². The summed E-state index contributed by atoms with van der Waals surface area (Å²) in [5.74, 6) is -1.57. The van der Waals surface area contributed by atoms with E-state index in [1.165, 1.54) is 12.3 Å². The maximum Gasteiger partial charge on any atom is 0.341 e. The van der Waals surface area contributed by atoms with Gasteiger partial charge in [0.05, 0.1) is 11.2 Å². The highest BCUT2D eigenvalue weighted by atomic mass is 19.1. The number of pyridine rings is 1. The number of piperidine rings is 1. The quantitative estimate of drug-likeness (QED) is 0.876. The number of nitrogens with two attached hydrogens (primary N) is 1. The van der Waals surface area contributed by atoms with Gasteiger partial charge < -0.3 is 20.3 Å². The van der Waals surface area contributed by atoms with Crippen molar-refractivity contribution >= 4 is 22.6 Å². The van der Waals surface area contributed by atoms with Crippen LogP contribution in [0.4, 0.5) is 10.1 Å². The molecule has 7 heteroatoms. The molecule has 2 heterocycles. The lowest BCUT2D eigenvalue weighted by Gasteiger charge is -2.37. The van der Waals surface area contributed by atoms with Crippen molar-refractivity contribution in [2.45, 2.75) is 39.8 Å². The average Bonchev–Trinajstić information content (AvgIpc) is 2.58. The molecule has 0 aliphatic carbocycles. The van der Waals surface area contributed by atoms with Crippen LogP contribution >= 0.6 is 0 Å². The number of rotatable bonds is 3. The molecule has 140 valence electrons. The zero-order valence-corrected chi connectivity index (χ0v) is 15.3. The molecule has 1 aromatic heterocycles. The summed E-state index contributed by atoms with van der Waals surface area (Å²) in [5, 5.41) is 9.37. The number of carboxylic acid groups (broad SMARTS) is 1. The third kappa shape index (κ3) is 2.86. The van der Waals surface area contributed by atoms with E-state index in [1.54, 1.807) is 11.5 Å². The van der Waals surface area contributed by atoms with Crippen molar-refractivity contribution in [3.63, 3.8) is 0 Å². The first-order chi connectivity index (χ1) is 12.3. The van der Waals surface area contributed by atoms with Crippen molar-refractivity contribution in [1.29, 1.82) is 0 Å². The molecule has 2 atom stereocenters. The fourth-order valence-corrected chi connectivity index (χ4v) is 3.88. The minimum atomic E-state index is -1.31. The molecule has 1 aliphatic rings. The number of fused-ring (bicyclic) bond motifs is 1. The summed E-state index contributed by atoms with van der Waals surface area (Å²) in [6.07, 6.45) is 2.12. The first kappa shape index (κ1) is 18.4. The van der Waals surface area contributed by atoms with Crippen LogP contribution in [0.1, 0.15) is 36.2 Å². The van der Waals surface area contributed by atoms with Crippen molar-refractivity contribution in [3.05, 3.63) is 39.4 Å². The van der Waals surface area contributed by atoms with Crippen molar-refractivity contribution in [2.24, 2.45) is 11.7 Å². The van der Waals surface area contributed by atoms with E-state index in [2.05, 4.69) is 0 Å². The lowest BCUT2D eigenvalue weighted by Crippen LogP contribution is -2.46. The predicted octanol–water partition coefficient (Wildman–Crippen LogP) is 2.34. The zero-order valence-electron chi connectivity index (χ0n) is 15.3. The van der Waals surface area contributed by atoms with E-state index in [0.717, 1.165) is 6.42 Å². The Labute approximate surface area is 151 Å². The number of carbonyl (C=O) groups is 1. The number of nitrogens with zero attached hydrogens (tertiary/aromatic N) is 2. The molecule has 0 bridgehead atoms. The van der Waals surface area contributed by atoms with Crippen LogP contribution in [0.5, 0.6) is 0 Å². The Morgan fingerprint density at radius 3 is 2.73 bits per heavy atom. The second-order valence-corrected chi connectivity index (χ2v) is 7.07. The molecular weight excluding hydrogens is 337 g/mol. The Bertz CT molecular complexity index is 938. The maximum absolute atomic E-state index is 15.0. The lowest BCUT2D eigenvalue weighted by atomic mass is 9.93. The van der Waals surface area contributed by atoms with Crippen molar-refractivity contribution in [3.8, 4) is 0 Å². The number of aryl methyl sites for hydroxylation is 2. The molecule has 1 fully saturated rings. The second-order valence-electron chi connectivity index (χ2n) is 7.07. The molecule has 0 radical (unpaired) electrons.